The van der Waals surface area contributed by atoms with Crippen molar-refractivity contribution in [3.8, 4) is 5.75 Å². The van der Waals surface area contributed by atoms with Gasteiger partial charge in [-0.15, -0.1) is 23.2 Å². The molecule has 26 heavy (non-hydrogen) atoms. The smallest absolute Gasteiger partial charge is 0.119 e. The summed E-state index contributed by atoms with van der Waals surface area (Å²) < 4.78 is 5.36. The van der Waals surface area contributed by atoms with E-state index in [9.17, 15) is 5.11 Å². The molecule has 0 radical (unpaired) electrons. The molecule has 0 aliphatic carbocycles. The number of hydrogen-bond acceptors (Lipinski definition) is 4. The predicted octanol–water partition coefficient (Wildman–Crippen LogP) is 3.83. The number of aliphatic hydroxyl groups excluding tert-OH is 1. The largest absolute Gasteiger partial charge is 0.497 e. The number of aromatic nitrogens is 1. The molecule has 1 aromatic carbocycles. The number of benzene rings is 1. The van der Waals surface area contributed by atoms with E-state index in [1.54, 1.807) is 13.3 Å². The molecule has 3 fully saturated rings. The Morgan fingerprint density at radius 1 is 1.38 bits per heavy atom. The van der Waals surface area contributed by atoms with E-state index in [-0.39, 0.29) is 11.4 Å². The number of ether oxygens (including phenoxy) is 1. The van der Waals surface area contributed by atoms with E-state index in [0.717, 1.165) is 48.1 Å². The molecule has 0 spiro atoms. The number of rotatable bonds is 5. The molecule has 140 valence electrons. The third-order valence-corrected chi connectivity index (χ3v) is 7.10. The molecule has 4 nitrogen and oxygen atoms in total. The van der Waals surface area contributed by atoms with Crippen LogP contribution < -0.4 is 4.74 Å². The van der Waals surface area contributed by atoms with Crippen LogP contribution in [0.3, 0.4) is 0 Å². The van der Waals surface area contributed by atoms with Crippen LogP contribution in [-0.2, 0) is 0 Å². The van der Waals surface area contributed by atoms with Gasteiger partial charge in [0.15, 0.2) is 0 Å². The molecule has 4 heterocycles. The minimum Gasteiger partial charge on any atom is -0.497 e. The van der Waals surface area contributed by atoms with E-state index in [4.69, 9.17) is 27.9 Å². The van der Waals surface area contributed by atoms with Gasteiger partial charge in [0.2, 0.25) is 0 Å². The summed E-state index contributed by atoms with van der Waals surface area (Å²) in [6.45, 7) is 1.93. The van der Waals surface area contributed by atoms with Gasteiger partial charge in [-0.05, 0) is 61.1 Å². The zero-order chi connectivity index (χ0) is 18.3. The Morgan fingerprint density at radius 3 is 2.92 bits per heavy atom. The van der Waals surface area contributed by atoms with Crippen LogP contribution in [0, 0.1) is 11.8 Å². The molecule has 2 aromatic rings. The molecule has 3 saturated heterocycles. The lowest BCUT2D eigenvalue weighted by Crippen LogP contribution is -2.57. The first-order valence-corrected chi connectivity index (χ1v) is 10.1. The van der Waals surface area contributed by atoms with Crippen LogP contribution in [0.25, 0.3) is 10.9 Å². The summed E-state index contributed by atoms with van der Waals surface area (Å²) in [5, 5.41) is 12.2. The fourth-order valence-corrected chi connectivity index (χ4v) is 5.22. The average Bonchev–Trinajstić information content (AvgIpc) is 2.71. The highest BCUT2D eigenvalue weighted by molar-refractivity contribution is 6.28. The number of pyridine rings is 1. The van der Waals surface area contributed by atoms with Crippen LogP contribution in [-0.4, -0.2) is 52.5 Å². The number of fused-ring (bicyclic) bond motifs is 4. The second-order valence-electron chi connectivity index (χ2n) is 7.41. The van der Waals surface area contributed by atoms with Crippen LogP contribution in [0.15, 0.2) is 30.5 Å². The fraction of sp³-hybridized carbons (Fsp3) is 0.550. The third-order valence-electron chi connectivity index (χ3n) is 6.13. The number of aliphatic hydroxyl groups is 1. The molecule has 6 heteroatoms. The zero-order valence-electron chi connectivity index (χ0n) is 14.8. The first-order valence-electron chi connectivity index (χ1n) is 9.17. The summed E-state index contributed by atoms with van der Waals surface area (Å²) in [6.07, 6.45) is 3.31. The Bertz CT molecular complexity index is 787. The Labute approximate surface area is 164 Å². The van der Waals surface area contributed by atoms with E-state index in [0.29, 0.717) is 17.7 Å². The van der Waals surface area contributed by atoms with E-state index < -0.39 is 6.10 Å². The van der Waals surface area contributed by atoms with Gasteiger partial charge in [-0.3, -0.25) is 9.88 Å². The molecule has 2 bridgehead atoms. The maximum atomic E-state index is 11.2. The molecule has 5 rings (SSSR count). The molecular weight excluding hydrogens is 371 g/mol. The Hall–Kier alpha value is -1.07. The molecule has 0 saturated carbocycles. The number of halogens is 2. The fourth-order valence-electron chi connectivity index (χ4n) is 4.70. The standard InChI is InChI=1S/C20H24Cl2N2O2/c1-26-13-2-3-18-15(9-13)14(4-6-23-18)20(25)19-8-12-5-7-24(19)11-16(12)17(22)10-21/h2-4,6,9,12,16-17,19-20,25H,5,7-8,10-11H2,1H3/t12-,16-,17?,19-,20+/m0/s1. The average molecular weight is 395 g/mol. The normalized spacial score (nSPS) is 30.3. The minimum absolute atomic E-state index is 0.00794. The van der Waals surface area contributed by atoms with E-state index in [1.165, 1.54) is 0 Å². The van der Waals surface area contributed by atoms with Gasteiger partial charge < -0.3 is 9.84 Å². The number of alkyl halides is 2. The molecule has 1 N–H and O–H groups in total. The number of piperidine rings is 3. The van der Waals surface area contributed by atoms with Gasteiger partial charge >= 0.3 is 0 Å². The molecule has 3 aliphatic heterocycles. The first kappa shape index (κ1) is 18.3. The topological polar surface area (TPSA) is 45.6 Å². The predicted molar refractivity (Wildman–Crippen MR) is 105 cm³/mol. The van der Waals surface area contributed by atoms with Crippen molar-refractivity contribution in [1.82, 2.24) is 9.88 Å². The second-order valence-corrected chi connectivity index (χ2v) is 8.28. The first-order chi connectivity index (χ1) is 12.6. The van der Waals surface area contributed by atoms with Crippen molar-refractivity contribution in [2.24, 2.45) is 11.8 Å². The highest BCUT2D eigenvalue weighted by Crippen LogP contribution is 2.44. The summed E-state index contributed by atoms with van der Waals surface area (Å²) in [4.78, 5) is 6.82. The van der Waals surface area contributed by atoms with Crippen molar-refractivity contribution in [3.05, 3.63) is 36.0 Å². The minimum atomic E-state index is -0.555. The van der Waals surface area contributed by atoms with Crippen molar-refractivity contribution in [2.75, 3.05) is 26.1 Å². The summed E-state index contributed by atoms with van der Waals surface area (Å²) in [6, 6.07) is 7.83. The number of nitrogens with zero attached hydrogens (tertiary/aromatic N) is 2. The monoisotopic (exact) mass is 394 g/mol. The van der Waals surface area contributed by atoms with E-state index >= 15 is 0 Å². The maximum Gasteiger partial charge on any atom is 0.119 e. The summed E-state index contributed by atoms with van der Waals surface area (Å²) >= 11 is 12.4. The van der Waals surface area contributed by atoms with Crippen molar-refractivity contribution in [3.63, 3.8) is 0 Å². The highest BCUT2D eigenvalue weighted by Gasteiger charge is 2.45. The maximum absolute atomic E-state index is 11.2. The third kappa shape index (κ3) is 3.18. The lowest BCUT2D eigenvalue weighted by atomic mass is 9.72. The SMILES string of the molecule is COc1ccc2nccc([C@@H](O)[C@@H]3C[C@@H]4CCN3C[C@@H]4C(Cl)CCl)c2c1. The molecular formula is C20H24Cl2N2O2. The van der Waals surface area contributed by atoms with Crippen molar-refractivity contribution < 1.29 is 9.84 Å². The summed E-state index contributed by atoms with van der Waals surface area (Å²) in [5.41, 5.74) is 1.79. The van der Waals surface area contributed by atoms with Crippen LogP contribution >= 0.6 is 23.2 Å². The van der Waals surface area contributed by atoms with Crippen LogP contribution in [0.4, 0.5) is 0 Å². The van der Waals surface area contributed by atoms with Gasteiger partial charge in [0, 0.05) is 30.0 Å². The van der Waals surface area contributed by atoms with Crippen molar-refractivity contribution >= 4 is 34.1 Å². The molecule has 6 atom stereocenters. The lowest BCUT2D eigenvalue weighted by Gasteiger charge is -2.52. The lowest BCUT2D eigenvalue weighted by molar-refractivity contribution is -0.0551. The molecule has 1 aromatic heterocycles. The van der Waals surface area contributed by atoms with E-state index in [1.807, 2.05) is 24.3 Å². The quantitative estimate of drug-likeness (QED) is 0.782. The number of hydrogen-bond donors (Lipinski definition) is 1. The second kappa shape index (κ2) is 7.51. The van der Waals surface area contributed by atoms with E-state index in [2.05, 4.69) is 9.88 Å². The van der Waals surface area contributed by atoms with Crippen molar-refractivity contribution in [1.29, 1.82) is 0 Å². The summed E-state index contributed by atoms with van der Waals surface area (Å²) in [7, 11) is 1.65. The van der Waals surface area contributed by atoms with Crippen LogP contribution in [0.2, 0.25) is 0 Å². The Kier molecular flexibility index (Phi) is 5.29. The van der Waals surface area contributed by atoms with Gasteiger partial charge in [0.25, 0.3) is 0 Å². The Balaban J connectivity index is 1.63. The van der Waals surface area contributed by atoms with Crippen molar-refractivity contribution in [2.45, 2.75) is 30.4 Å². The van der Waals surface area contributed by atoms with Gasteiger partial charge in [-0.25, -0.2) is 0 Å². The van der Waals surface area contributed by atoms with Gasteiger partial charge in [-0.2, -0.15) is 0 Å². The zero-order valence-corrected chi connectivity index (χ0v) is 16.3. The molecule has 0 amide bonds. The van der Waals surface area contributed by atoms with Gasteiger partial charge in [-0.1, -0.05) is 0 Å². The van der Waals surface area contributed by atoms with Gasteiger partial charge in [0.05, 0.1) is 24.1 Å². The highest BCUT2D eigenvalue weighted by atomic mass is 35.5. The summed E-state index contributed by atoms with van der Waals surface area (Å²) in [5.74, 6) is 2.21. The van der Waals surface area contributed by atoms with Crippen LogP contribution in [0.1, 0.15) is 24.5 Å². The molecule has 3 aliphatic rings. The number of methoxy groups -OCH3 is 1. The Morgan fingerprint density at radius 2 is 2.23 bits per heavy atom. The van der Waals surface area contributed by atoms with Crippen LogP contribution in [0.5, 0.6) is 5.75 Å². The molecule has 2 unspecified atom stereocenters. The van der Waals surface area contributed by atoms with Gasteiger partial charge in [0.1, 0.15) is 5.75 Å².